The monoisotopic (exact) mass is 308 g/mol. The number of rotatable bonds is 5. The van der Waals surface area contributed by atoms with E-state index in [9.17, 15) is 9.59 Å². The van der Waals surface area contributed by atoms with Crippen LogP contribution in [-0.2, 0) is 23.1 Å². The summed E-state index contributed by atoms with van der Waals surface area (Å²) in [5.74, 6) is -0.300. The minimum absolute atomic E-state index is 0.130. The molecule has 6 nitrogen and oxygen atoms in total. The number of nitrogens with one attached hydrogen (secondary N) is 2. The van der Waals surface area contributed by atoms with E-state index >= 15 is 0 Å². The van der Waals surface area contributed by atoms with E-state index in [-0.39, 0.29) is 11.8 Å². The second-order valence-electron chi connectivity index (χ2n) is 6.76. The Kier molecular flexibility index (Phi) is 5.74. The molecule has 0 aliphatic carbocycles. The second kappa shape index (κ2) is 6.94. The Balaban J connectivity index is 2.48. The van der Waals surface area contributed by atoms with Crippen molar-refractivity contribution in [3.63, 3.8) is 0 Å². The molecule has 1 atom stereocenters. The van der Waals surface area contributed by atoms with E-state index in [1.165, 1.54) is 0 Å². The Morgan fingerprint density at radius 3 is 2.32 bits per heavy atom. The Hall–Kier alpha value is -1.85. The average molecular weight is 308 g/mol. The van der Waals surface area contributed by atoms with Crippen molar-refractivity contribution in [3.05, 3.63) is 17.0 Å². The summed E-state index contributed by atoms with van der Waals surface area (Å²) in [4.78, 5) is 23.9. The van der Waals surface area contributed by atoms with Crippen molar-refractivity contribution < 1.29 is 9.59 Å². The van der Waals surface area contributed by atoms with Crippen LogP contribution in [0.25, 0.3) is 0 Å². The zero-order chi connectivity index (χ0) is 17.1. The van der Waals surface area contributed by atoms with Crippen molar-refractivity contribution in [2.45, 2.75) is 54.0 Å². The number of hydrogen-bond donors (Lipinski definition) is 2. The quantitative estimate of drug-likeness (QED) is 0.859. The predicted molar refractivity (Wildman–Crippen MR) is 86.5 cm³/mol. The van der Waals surface area contributed by atoms with E-state index in [0.29, 0.717) is 6.54 Å². The highest BCUT2D eigenvalue weighted by Crippen LogP contribution is 2.13. The van der Waals surface area contributed by atoms with Crippen molar-refractivity contribution in [2.75, 3.05) is 6.54 Å². The van der Waals surface area contributed by atoms with Gasteiger partial charge in [0.2, 0.25) is 11.8 Å². The SMILES string of the molecule is Cc1nn(C)c(C)c1CCNC(=O)C(C)NC(=O)C(C)(C)C. The van der Waals surface area contributed by atoms with Gasteiger partial charge in [-0.15, -0.1) is 0 Å². The lowest BCUT2D eigenvalue weighted by Crippen LogP contribution is -2.48. The molecule has 0 saturated carbocycles. The first-order chi connectivity index (χ1) is 10.0. The molecular formula is C16H28N4O2. The third-order valence-corrected chi connectivity index (χ3v) is 3.76. The van der Waals surface area contributed by atoms with Gasteiger partial charge in [0.05, 0.1) is 5.69 Å². The molecule has 1 unspecified atom stereocenters. The Bertz CT molecular complexity index is 555. The van der Waals surface area contributed by atoms with Crippen molar-refractivity contribution in [1.29, 1.82) is 0 Å². The van der Waals surface area contributed by atoms with Gasteiger partial charge >= 0.3 is 0 Å². The van der Waals surface area contributed by atoms with Gasteiger partial charge < -0.3 is 10.6 Å². The van der Waals surface area contributed by atoms with Crippen LogP contribution in [0.15, 0.2) is 0 Å². The molecule has 0 aromatic carbocycles. The number of aromatic nitrogens is 2. The van der Waals surface area contributed by atoms with Gasteiger partial charge in [0.1, 0.15) is 6.04 Å². The maximum absolute atomic E-state index is 12.0. The highest BCUT2D eigenvalue weighted by molar-refractivity contribution is 5.89. The van der Waals surface area contributed by atoms with E-state index in [1.807, 2.05) is 46.3 Å². The fourth-order valence-corrected chi connectivity index (χ4v) is 2.12. The van der Waals surface area contributed by atoms with E-state index in [4.69, 9.17) is 0 Å². The van der Waals surface area contributed by atoms with Crippen LogP contribution in [0.5, 0.6) is 0 Å². The summed E-state index contributed by atoms with van der Waals surface area (Å²) in [6, 6.07) is -0.539. The van der Waals surface area contributed by atoms with Crippen LogP contribution in [0, 0.1) is 19.3 Å². The maximum atomic E-state index is 12.0. The topological polar surface area (TPSA) is 76.0 Å². The summed E-state index contributed by atoms with van der Waals surface area (Å²) < 4.78 is 1.85. The largest absolute Gasteiger partial charge is 0.354 e. The van der Waals surface area contributed by atoms with Crippen molar-refractivity contribution >= 4 is 11.8 Å². The van der Waals surface area contributed by atoms with Gasteiger partial charge in [-0.3, -0.25) is 14.3 Å². The summed E-state index contributed by atoms with van der Waals surface area (Å²) in [5.41, 5.74) is 2.76. The van der Waals surface area contributed by atoms with Gasteiger partial charge in [-0.1, -0.05) is 20.8 Å². The highest BCUT2D eigenvalue weighted by Gasteiger charge is 2.24. The average Bonchev–Trinajstić information content (AvgIpc) is 2.63. The number of amides is 2. The Labute approximate surface area is 132 Å². The van der Waals surface area contributed by atoms with Crippen LogP contribution in [0.2, 0.25) is 0 Å². The van der Waals surface area contributed by atoms with Crippen molar-refractivity contribution in [2.24, 2.45) is 12.5 Å². The molecule has 6 heteroatoms. The molecule has 0 fully saturated rings. The maximum Gasteiger partial charge on any atom is 0.242 e. The van der Waals surface area contributed by atoms with Gasteiger partial charge in [0.15, 0.2) is 0 Å². The Morgan fingerprint density at radius 1 is 1.27 bits per heavy atom. The smallest absolute Gasteiger partial charge is 0.242 e. The van der Waals surface area contributed by atoms with E-state index in [0.717, 1.165) is 23.4 Å². The first-order valence-corrected chi connectivity index (χ1v) is 7.61. The molecule has 1 aromatic rings. The third-order valence-electron chi connectivity index (χ3n) is 3.76. The summed E-state index contributed by atoms with van der Waals surface area (Å²) in [7, 11) is 1.91. The number of carbonyl (C=O) groups is 2. The van der Waals surface area contributed by atoms with Gasteiger partial charge in [-0.2, -0.15) is 5.10 Å². The molecule has 22 heavy (non-hydrogen) atoms. The zero-order valence-electron chi connectivity index (χ0n) is 14.7. The Morgan fingerprint density at radius 2 is 1.86 bits per heavy atom. The molecule has 1 aromatic heterocycles. The predicted octanol–water partition coefficient (Wildman–Crippen LogP) is 1.25. The number of carbonyl (C=O) groups excluding carboxylic acids is 2. The number of aryl methyl sites for hydroxylation is 2. The normalized spacial score (nSPS) is 12.9. The highest BCUT2D eigenvalue weighted by atomic mass is 16.2. The van der Waals surface area contributed by atoms with Crippen molar-refractivity contribution in [1.82, 2.24) is 20.4 Å². The molecule has 124 valence electrons. The van der Waals surface area contributed by atoms with Crippen LogP contribution in [0.3, 0.4) is 0 Å². The summed E-state index contributed by atoms with van der Waals surface area (Å²) in [6.45, 7) is 11.7. The van der Waals surface area contributed by atoms with Crippen LogP contribution in [-0.4, -0.2) is 34.2 Å². The van der Waals surface area contributed by atoms with Crippen LogP contribution >= 0.6 is 0 Å². The molecule has 0 spiro atoms. The van der Waals surface area contributed by atoms with Crippen LogP contribution < -0.4 is 10.6 Å². The van der Waals surface area contributed by atoms with E-state index < -0.39 is 11.5 Å². The molecule has 0 aliphatic rings. The van der Waals surface area contributed by atoms with E-state index in [2.05, 4.69) is 15.7 Å². The summed E-state index contributed by atoms with van der Waals surface area (Å²) >= 11 is 0. The third kappa shape index (κ3) is 4.58. The molecule has 1 rings (SSSR count). The lowest BCUT2D eigenvalue weighted by molar-refractivity contribution is -0.133. The lowest BCUT2D eigenvalue weighted by atomic mass is 9.95. The molecule has 0 bridgehead atoms. The first kappa shape index (κ1) is 18.2. The molecule has 0 saturated heterocycles. The number of nitrogens with zero attached hydrogens (tertiary/aromatic N) is 2. The van der Waals surface area contributed by atoms with Gasteiger partial charge in [-0.05, 0) is 32.8 Å². The van der Waals surface area contributed by atoms with Gasteiger partial charge in [0.25, 0.3) is 0 Å². The fraction of sp³-hybridized carbons (Fsp3) is 0.688. The summed E-state index contributed by atoms with van der Waals surface area (Å²) in [5, 5.41) is 9.95. The standard InChI is InChI=1S/C16H28N4O2/c1-10-13(12(3)20(7)19-10)8-9-17-14(21)11(2)18-15(22)16(4,5)6/h11H,8-9H2,1-7H3,(H,17,21)(H,18,22). The zero-order valence-corrected chi connectivity index (χ0v) is 14.7. The van der Waals surface area contributed by atoms with Crippen molar-refractivity contribution in [3.8, 4) is 0 Å². The van der Waals surface area contributed by atoms with Gasteiger partial charge in [-0.25, -0.2) is 0 Å². The molecule has 1 heterocycles. The van der Waals surface area contributed by atoms with Crippen LogP contribution in [0.1, 0.15) is 44.6 Å². The van der Waals surface area contributed by atoms with Gasteiger partial charge in [0, 0.05) is 24.7 Å². The minimum Gasteiger partial charge on any atom is -0.354 e. The fourth-order valence-electron chi connectivity index (χ4n) is 2.12. The summed E-state index contributed by atoms with van der Waals surface area (Å²) in [6.07, 6.45) is 0.733. The number of hydrogen-bond acceptors (Lipinski definition) is 3. The molecule has 2 amide bonds. The molecular weight excluding hydrogens is 280 g/mol. The van der Waals surface area contributed by atoms with Crippen LogP contribution in [0.4, 0.5) is 0 Å². The first-order valence-electron chi connectivity index (χ1n) is 7.61. The molecule has 0 aliphatic heterocycles. The molecule has 0 radical (unpaired) electrons. The second-order valence-corrected chi connectivity index (χ2v) is 6.76. The molecule has 2 N–H and O–H groups in total. The minimum atomic E-state index is -0.539. The van der Waals surface area contributed by atoms with E-state index in [1.54, 1.807) is 6.92 Å². The lowest BCUT2D eigenvalue weighted by Gasteiger charge is -2.21.